The Bertz CT molecular complexity index is 309. The van der Waals surface area contributed by atoms with Crippen molar-refractivity contribution >= 4 is 24.1 Å². The van der Waals surface area contributed by atoms with Gasteiger partial charge in [-0.3, -0.25) is 0 Å². The molecule has 9 nitrogen and oxygen atoms in total. The minimum absolute atomic E-state index is 1.11. The highest BCUT2D eigenvalue weighted by Gasteiger charge is 2.24. The van der Waals surface area contributed by atoms with Gasteiger partial charge in [0.25, 0.3) is 0 Å². The summed E-state index contributed by atoms with van der Waals surface area (Å²) in [5.41, 5.74) is 0. The van der Waals surface area contributed by atoms with Crippen molar-refractivity contribution in [3.8, 4) is 0 Å². The molecular weight excluding hydrogens is 236 g/mol. The zero-order chi connectivity index (χ0) is 13.6. The van der Waals surface area contributed by atoms with Crippen LogP contribution in [0.2, 0.25) is 0 Å². The van der Waals surface area contributed by atoms with Crippen molar-refractivity contribution in [1.82, 2.24) is 10.6 Å². The molecule has 17 heavy (non-hydrogen) atoms. The zero-order valence-electron chi connectivity index (χ0n) is 9.09. The van der Waals surface area contributed by atoms with Gasteiger partial charge in [0.2, 0.25) is 0 Å². The predicted octanol–water partition coefficient (Wildman–Crippen LogP) is -0.632. The monoisotopic (exact) mass is 248 g/mol. The number of carbonyl (C=O) groups excluding carboxylic acids is 2. The van der Waals surface area contributed by atoms with E-state index >= 15 is 0 Å². The second kappa shape index (κ2) is 6.30. The molecule has 2 amide bonds. The van der Waals surface area contributed by atoms with Gasteiger partial charge in [0.05, 0.1) is 0 Å². The van der Waals surface area contributed by atoms with E-state index in [0.29, 0.717) is 0 Å². The predicted molar refractivity (Wildman–Crippen MR) is 52.3 cm³/mol. The molecule has 0 saturated carbocycles. The van der Waals surface area contributed by atoms with Crippen LogP contribution >= 0.6 is 0 Å². The van der Waals surface area contributed by atoms with Gasteiger partial charge >= 0.3 is 24.1 Å². The first-order chi connectivity index (χ1) is 7.73. The van der Waals surface area contributed by atoms with E-state index < -0.39 is 36.2 Å². The maximum absolute atomic E-state index is 11.1. The Balaban J connectivity index is 4.24. The van der Waals surface area contributed by atoms with Gasteiger partial charge in [0.15, 0.2) is 0 Å². The Hall–Kier alpha value is -2.32. The van der Waals surface area contributed by atoms with Crippen molar-refractivity contribution in [1.29, 1.82) is 0 Å². The molecule has 0 heterocycles. The summed E-state index contributed by atoms with van der Waals surface area (Å²) < 4.78 is 4.25. The molecule has 0 aromatic rings. The number of ether oxygens (including phenoxy) is 1. The highest BCUT2D eigenvalue weighted by atomic mass is 16.6. The molecule has 0 aromatic heterocycles. The van der Waals surface area contributed by atoms with Crippen molar-refractivity contribution in [2.45, 2.75) is 25.9 Å². The molecule has 0 aliphatic rings. The average Bonchev–Trinajstić information content (AvgIpc) is 2.15. The number of carboxylic acid groups (broad SMARTS) is 2. The number of nitrogens with one attached hydrogen (secondary N) is 2. The number of amides is 2. The van der Waals surface area contributed by atoms with Crippen LogP contribution in [0.3, 0.4) is 0 Å². The van der Waals surface area contributed by atoms with Crippen molar-refractivity contribution in [3.63, 3.8) is 0 Å². The fourth-order valence-electron chi connectivity index (χ4n) is 0.764. The number of carbonyl (C=O) groups is 4. The quantitative estimate of drug-likeness (QED) is 0.383. The minimum atomic E-state index is -1.45. The summed E-state index contributed by atoms with van der Waals surface area (Å²) >= 11 is 0. The first kappa shape index (κ1) is 14.7. The highest BCUT2D eigenvalue weighted by molar-refractivity contribution is 5.92. The van der Waals surface area contributed by atoms with E-state index in [4.69, 9.17) is 10.2 Å². The van der Waals surface area contributed by atoms with Crippen molar-refractivity contribution in [3.05, 3.63) is 0 Å². The van der Waals surface area contributed by atoms with Gasteiger partial charge in [0, 0.05) is 0 Å². The molecule has 96 valence electrons. The molecule has 2 atom stereocenters. The van der Waals surface area contributed by atoms with E-state index in [1.807, 2.05) is 0 Å². The third-order valence-electron chi connectivity index (χ3n) is 1.59. The lowest BCUT2D eigenvalue weighted by Crippen LogP contribution is -2.44. The Kier molecular flexibility index (Phi) is 5.44. The van der Waals surface area contributed by atoms with Crippen molar-refractivity contribution in [2.24, 2.45) is 0 Å². The third-order valence-corrected chi connectivity index (χ3v) is 1.59. The molecule has 4 N–H and O–H groups in total. The van der Waals surface area contributed by atoms with Crippen molar-refractivity contribution < 1.29 is 34.1 Å². The molecule has 0 spiro atoms. The maximum atomic E-state index is 11.1. The van der Waals surface area contributed by atoms with Gasteiger partial charge in [-0.1, -0.05) is 0 Å². The lowest BCUT2D eigenvalue weighted by Gasteiger charge is -2.13. The van der Waals surface area contributed by atoms with Crippen LogP contribution in [0.25, 0.3) is 0 Å². The summed E-state index contributed by atoms with van der Waals surface area (Å²) in [4.78, 5) is 42.6. The van der Waals surface area contributed by atoms with Crippen LogP contribution in [0, 0.1) is 0 Å². The molecule has 0 radical (unpaired) electrons. The first-order valence-corrected chi connectivity index (χ1v) is 4.48. The lowest BCUT2D eigenvalue weighted by atomic mass is 10.3. The minimum Gasteiger partial charge on any atom is -0.465 e. The van der Waals surface area contributed by atoms with E-state index in [2.05, 4.69) is 4.74 Å². The van der Waals surface area contributed by atoms with E-state index in [1.54, 1.807) is 10.6 Å². The molecular formula is C8H12N2O7. The smallest absolute Gasteiger partial charge is 0.405 e. The summed E-state index contributed by atoms with van der Waals surface area (Å²) in [7, 11) is 0. The summed E-state index contributed by atoms with van der Waals surface area (Å²) in [6.07, 6.45) is -2.89. The second-order valence-corrected chi connectivity index (χ2v) is 3.08. The van der Waals surface area contributed by atoms with Crippen LogP contribution in [-0.2, 0) is 14.3 Å². The summed E-state index contributed by atoms with van der Waals surface area (Å²) in [5.74, 6) is -2.23. The largest absolute Gasteiger partial charge is 0.465 e. The molecule has 0 aromatic carbocycles. The summed E-state index contributed by atoms with van der Waals surface area (Å²) in [6.45, 7) is 2.36. The van der Waals surface area contributed by atoms with Crippen LogP contribution in [-0.4, -0.2) is 46.4 Å². The molecule has 0 bridgehead atoms. The normalized spacial score (nSPS) is 13.1. The first-order valence-electron chi connectivity index (χ1n) is 4.48. The summed E-state index contributed by atoms with van der Waals surface area (Å²) in [5, 5.41) is 20.2. The maximum Gasteiger partial charge on any atom is 0.405 e. The lowest BCUT2D eigenvalue weighted by molar-refractivity contribution is -0.162. The van der Waals surface area contributed by atoms with Crippen molar-refractivity contribution in [2.75, 3.05) is 0 Å². The molecule has 0 aliphatic carbocycles. The molecule has 0 aliphatic heterocycles. The Morgan fingerprint density at radius 3 is 1.41 bits per heavy atom. The number of esters is 2. The highest BCUT2D eigenvalue weighted by Crippen LogP contribution is 1.93. The molecule has 0 unspecified atom stereocenters. The van der Waals surface area contributed by atoms with Crippen LogP contribution < -0.4 is 10.6 Å². The van der Waals surface area contributed by atoms with Gasteiger partial charge in [-0.15, -0.1) is 0 Å². The number of hydrogen-bond donors (Lipinski definition) is 4. The SMILES string of the molecule is C[C@H](NC(=O)O)C(=O)OC(=O)[C@H](C)NC(=O)O. The topological polar surface area (TPSA) is 142 Å². The van der Waals surface area contributed by atoms with Gasteiger partial charge in [0.1, 0.15) is 12.1 Å². The van der Waals surface area contributed by atoms with Crippen LogP contribution in [0.4, 0.5) is 9.59 Å². The Labute approximate surface area is 95.7 Å². The standard InChI is InChI=1S/C8H12N2O7/c1-3(9-7(13)14)5(11)17-6(12)4(2)10-8(15)16/h3-4,9-10H,1-2H3,(H,13,14)(H,15,16)/t3-,4-/m0/s1. The van der Waals surface area contributed by atoms with Gasteiger partial charge in [-0.2, -0.15) is 0 Å². The van der Waals surface area contributed by atoms with E-state index in [1.165, 1.54) is 13.8 Å². The van der Waals surface area contributed by atoms with E-state index in [9.17, 15) is 19.2 Å². The Morgan fingerprint density at radius 1 is 0.882 bits per heavy atom. The molecule has 9 heteroatoms. The second-order valence-electron chi connectivity index (χ2n) is 3.08. The molecule has 0 saturated heterocycles. The van der Waals surface area contributed by atoms with Crippen LogP contribution in [0.1, 0.15) is 13.8 Å². The average molecular weight is 248 g/mol. The fourth-order valence-corrected chi connectivity index (χ4v) is 0.764. The number of hydrogen-bond acceptors (Lipinski definition) is 5. The molecule has 0 rings (SSSR count). The Morgan fingerprint density at radius 2 is 1.18 bits per heavy atom. The fraction of sp³-hybridized carbons (Fsp3) is 0.500. The zero-order valence-corrected chi connectivity index (χ0v) is 9.09. The summed E-state index contributed by atoms with van der Waals surface area (Å²) in [6, 6.07) is -2.46. The molecule has 0 fully saturated rings. The van der Waals surface area contributed by atoms with E-state index in [0.717, 1.165) is 0 Å². The van der Waals surface area contributed by atoms with Crippen LogP contribution in [0.5, 0.6) is 0 Å². The number of rotatable bonds is 4. The van der Waals surface area contributed by atoms with Crippen LogP contribution in [0.15, 0.2) is 0 Å². The van der Waals surface area contributed by atoms with Gasteiger partial charge in [-0.05, 0) is 13.8 Å². The van der Waals surface area contributed by atoms with Gasteiger partial charge < -0.3 is 25.6 Å². The van der Waals surface area contributed by atoms with Gasteiger partial charge in [-0.25, -0.2) is 19.2 Å². The third kappa shape index (κ3) is 5.97. The van der Waals surface area contributed by atoms with E-state index in [-0.39, 0.29) is 0 Å².